The van der Waals surface area contributed by atoms with Crippen LogP contribution in [0.15, 0.2) is 0 Å². The van der Waals surface area contributed by atoms with Crippen molar-refractivity contribution in [2.45, 2.75) is 76.5 Å². The number of carbonyl (C=O) groups is 7. The van der Waals surface area contributed by atoms with Gasteiger partial charge in [0.1, 0.15) is 18.8 Å². The van der Waals surface area contributed by atoms with Gasteiger partial charge < -0.3 is 44.2 Å². The molecule has 1 fully saturated rings. The van der Waals surface area contributed by atoms with Crippen molar-refractivity contribution in [3.8, 4) is 0 Å². The lowest BCUT2D eigenvalue weighted by atomic mass is 9.88. The Morgan fingerprint density at radius 3 is 2.02 bits per heavy atom. The Labute approximate surface area is 230 Å². The van der Waals surface area contributed by atoms with Crippen LogP contribution in [0.1, 0.15) is 34.1 Å². The smallest absolute Gasteiger partial charge is 0.465 e. The van der Waals surface area contributed by atoms with E-state index in [0.717, 1.165) is 34.8 Å². The molecule has 0 aliphatic carbocycles. The predicted molar refractivity (Wildman–Crippen MR) is 121 cm³/mol. The first-order chi connectivity index (χ1) is 18.8. The first-order valence-corrected chi connectivity index (χ1v) is 11.6. The Bertz CT molecular complexity index is 1040. The molecule has 3 N–H and O–H groups in total. The van der Waals surface area contributed by atoms with Gasteiger partial charge in [0.05, 0.1) is 26.1 Å². The molecular formula is C22H29F3N2O14. The van der Waals surface area contributed by atoms with E-state index in [9.17, 15) is 51.8 Å². The zero-order valence-corrected chi connectivity index (χ0v) is 22.4. The van der Waals surface area contributed by atoms with Crippen molar-refractivity contribution in [1.29, 1.82) is 0 Å². The van der Waals surface area contributed by atoms with Gasteiger partial charge in [0.25, 0.3) is 5.79 Å². The highest BCUT2D eigenvalue weighted by Gasteiger charge is 2.58. The number of amides is 2. The average molecular weight is 602 g/mol. The summed E-state index contributed by atoms with van der Waals surface area (Å²) >= 11 is 0. The van der Waals surface area contributed by atoms with Crippen molar-refractivity contribution >= 4 is 41.7 Å². The number of methoxy groups -OCH3 is 1. The molecule has 0 unspecified atom stereocenters. The molecule has 16 nitrogen and oxygen atoms in total. The van der Waals surface area contributed by atoms with Gasteiger partial charge in [-0.25, -0.2) is 4.79 Å². The molecule has 0 saturated carbocycles. The number of rotatable bonds is 11. The van der Waals surface area contributed by atoms with Crippen molar-refractivity contribution in [3.63, 3.8) is 0 Å². The minimum absolute atomic E-state index is 0.802. The second-order valence-electron chi connectivity index (χ2n) is 8.51. The molecule has 0 spiro atoms. The Morgan fingerprint density at radius 2 is 1.56 bits per heavy atom. The molecule has 41 heavy (non-hydrogen) atoms. The lowest BCUT2D eigenvalue weighted by molar-refractivity contribution is -0.299. The number of ether oxygens (including phenoxy) is 6. The van der Waals surface area contributed by atoms with Gasteiger partial charge in [-0.15, -0.1) is 0 Å². The van der Waals surface area contributed by atoms with Crippen molar-refractivity contribution in [3.05, 3.63) is 0 Å². The summed E-state index contributed by atoms with van der Waals surface area (Å²) in [4.78, 5) is 83.3. The summed E-state index contributed by atoms with van der Waals surface area (Å²) in [6.45, 7) is 1.60. The lowest BCUT2D eigenvalue weighted by Crippen LogP contribution is -2.69. The number of halogens is 3. The van der Waals surface area contributed by atoms with Crippen molar-refractivity contribution < 1.29 is 80.3 Å². The number of nitrogens with one attached hydrogen (secondary N) is 2. The maximum Gasteiger partial charge on any atom is 0.471 e. The molecule has 1 rings (SSSR count). The second-order valence-corrected chi connectivity index (χ2v) is 8.51. The Hall–Kier alpha value is -4.00. The van der Waals surface area contributed by atoms with Crippen molar-refractivity contribution in [2.75, 3.05) is 20.3 Å². The van der Waals surface area contributed by atoms with E-state index < -0.39 is 104 Å². The third-order valence-electron chi connectivity index (χ3n) is 5.14. The third-order valence-corrected chi connectivity index (χ3v) is 5.14. The second kappa shape index (κ2) is 14.6. The Kier molecular flexibility index (Phi) is 12.5. The van der Waals surface area contributed by atoms with Gasteiger partial charge in [0.2, 0.25) is 5.91 Å². The maximum atomic E-state index is 12.6. The molecule has 6 atom stereocenters. The van der Waals surface area contributed by atoms with Crippen LogP contribution in [0, 0.1) is 0 Å². The number of carbonyl (C=O) groups excluding carboxylic acids is 7. The monoisotopic (exact) mass is 602 g/mol. The first-order valence-electron chi connectivity index (χ1n) is 11.6. The van der Waals surface area contributed by atoms with Crippen LogP contribution >= 0.6 is 0 Å². The van der Waals surface area contributed by atoms with Crippen LogP contribution in [-0.2, 0) is 62.0 Å². The summed E-state index contributed by atoms with van der Waals surface area (Å²) in [5.74, 6) is -12.2. The fraction of sp³-hybridized carbons (Fsp3) is 0.682. The van der Waals surface area contributed by atoms with Crippen molar-refractivity contribution in [2.24, 2.45) is 0 Å². The Balaban J connectivity index is 3.66. The fourth-order valence-corrected chi connectivity index (χ4v) is 3.68. The average Bonchev–Trinajstić information content (AvgIpc) is 2.83. The molecule has 1 aliphatic heterocycles. The lowest BCUT2D eigenvalue weighted by Gasteiger charge is -2.47. The van der Waals surface area contributed by atoms with Gasteiger partial charge in [-0.2, -0.15) is 13.2 Å². The maximum absolute atomic E-state index is 12.6. The highest BCUT2D eigenvalue weighted by Crippen LogP contribution is 2.34. The Morgan fingerprint density at radius 1 is 0.976 bits per heavy atom. The molecule has 19 heteroatoms. The van der Waals surface area contributed by atoms with Gasteiger partial charge >= 0.3 is 41.9 Å². The van der Waals surface area contributed by atoms with Crippen LogP contribution in [0.4, 0.5) is 13.2 Å². The summed E-state index contributed by atoms with van der Waals surface area (Å²) < 4.78 is 67.9. The molecule has 0 bridgehead atoms. The van der Waals surface area contributed by atoms with E-state index >= 15 is 0 Å². The van der Waals surface area contributed by atoms with Crippen LogP contribution in [0.3, 0.4) is 0 Å². The summed E-state index contributed by atoms with van der Waals surface area (Å²) in [5, 5.41) is 14.4. The van der Waals surface area contributed by atoms with Gasteiger partial charge in [0, 0.05) is 27.7 Å². The van der Waals surface area contributed by atoms with Gasteiger partial charge in [-0.3, -0.25) is 28.8 Å². The van der Waals surface area contributed by atoms with Crippen LogP contribution in [-0.4, -0.2) is 109 Å². The molecule has 232 valence electrons. The quantitative estimate of drug-likeness (QED) is 0.175. The molecular weight excluding hydrogens is 573 g/mol. The highest BCUT2D eigenvalue weighted by molar-refractivity contribution is 5.87. The summed E-state index contributed by atoms with van der Waals surface area (Å²) in [6.07, 6.45) is -13.7. The summed E-state index contributed by atoms with van der Waals surface area (Å²) in [7, 11) is 0.850. The third kappa shape index (κ3) is 10.8. The molecule has 2 amide bonds. The van der Waals surface area contributed by atoms with Gasteiger partial charge in [-0.1, -0.05) is 0 Å². The molecule has 1 heterocycles. The number of aliphatic hydroxyl groups is 1. The zero-order chi connectivity index (χ0) is 31.7. The molecule has 1 aliphatic rings. The molecule has 1 saturated heterocycles. The van der Waals surface area contributed by atoms with Crippen molar-refractivity contribution in [1.82, 2.24) is 10.6 Å². The van der Waals surface area contributed by atoms with E-state index in [1.165, 1.54) is 5.32 Å². The normalized spacial score (nSPS) is 23.6. The van der Waals surface area contributed by atoms with E-state index in [1.54, 1.807) is 0 Å². The highest BCUT2D eigenvalue weighted by atomic mass is 19.4. The van der Waals surface area contributed by atoms with E-state index in [1.807, 2.05) is 0 Å². The minimum Gasteiger partial charge on any atom is -0.465 e. The van der Waals surface area contributed by atoms with Crippen LogP contribution in [0.25, 0.3) is 0 Å². The zero-order valence-electron chi connectivity index (χ0n) is 22.4. The first kappa shape index (κ1) is 35.0. The standard InChI is InChI=1S/C22H29F3N2O14/c1-9(28)37-8-14(39-11(3)30)17(40-12(4)31)18-16(27-15(32)7-26-19(33)22(23,24)25)13(38-10(2)29)6-21(35,41-18)20(34)36-5/h13-14,16-18,35H,6-8H2,1-5H3,(H,26,33)(H,27,32)/t13-,14+,16+,17+,18+,21-/m0/s1. The minimum atomic E-state index is -5.33. The SMILES string of the molecule is COC(=O)[C@]1(O)C[C@H](OC(C)=O)[C@@H](NC(=O)CNC(=O)C(F)(F)F)[C@H]([C@H](OC(C)=O)[C@@H](COC(C)=O)OC(C)=O)O1. The van der Waals surface area contributed by atoms with E-state index in [2.05, 4.69) is 10.1 Å². The van der Waals surface area contributed by atoms with E-state index in [0.29, 0.717) is 0 Å². The molecule has 0 aromatic carbocycles. The van der Waals surface area contributed by atoms with E-state index in [4.69, 9.17) is 23.7 Å². The predicted octanol–water partition coefficient (Wildman–Crippen LogP) is -1.84. The summed E-state index contributed by atoms with van der Waals surface area (Å²) in [6, 6.07) is -1.76. The fourth-order valence-electron chi connectivity index (χ4n) is 3.68. The number of esters is 5. The summed E-state index contributed by atoms with van der Waals surface area (Å²) in [5.41, 5.74) is 0. The number of hydrogen-bond donors (Lipinski definition) is 3. The van der Waals surface area contributed by atoms with Gasteiger partial charge in [-0.05, 0) is 0 Å². The topological polar surface area (TPSA) is 219 Å². The van der Waals surface area contributed by atoms with Gasteiger partial charge in [0.15, 0.2) is 12.2 Å². The molecule has 0 aromatic heterocycles. The molecule has 0 radical (unpaired) electrons. The molecule has 0 aromatic rings. The largest absolute Gasteiger partial charge is 0.471 e. The van der Waals surface area contributed by atoms with Crippen LogP contribution < -0.4 is 10.6 Å². The van der Waals surface area contributed by atoms with Crippen LogP contribution in [0.2, 0.25) is 0 Å². The van der Waals surface area contributed by atoms with E-state index in [-0.39, 0.29) is 0 Å². The number of alkyl halides is 3. The number of hydrogen-bond acceptors (Lipinski definition) is 14. The van der Waals surface area contributed by atoms with Crippen LogP contribution in [0.5, 0.6) is 0 Å².